The van der Waals surface area contributed by atoms with Gasteiger partial charge in [0.15, 0.2) is 0 Å². The quantitative estimate of drug-likeness (QED) is 0.350. The Labute approximate surface area is 138 Å². The summed E-state index contributed by atoms with van der Waals surface area (Å²) in [5.41, 5.74) is 0. The molecule has 0 bridgehead atoms. The number of hydrogen-bond acceptors (Lipinski definition) is 3. The molecule has 0 aromatic rings. The maximum absolute atomic E-state index is 5.70. The first kappa shape index (κ1) is 19.9. The van der Waals surface area contributed by atoms with Crippen LogP contribution in [0.4, 0.5) is 0 Å². The molecule has 0 saturated heterocycles. The molecule has 0 spiro atoms. The van der Waals surface area contributed by atoms with Gasteiger partial charge < -0.3 is 14.2 Å². The predicted octanol–water partition coefficient (Wildman–Crippen LogP) is 5.53. The summed E-state index contributed by atoms with van der Waals surface area (Å²) in [7, 11) is 5.14. The minimum atomic E-state index is -0.856. The monoisotopic (exact) mass is 314 g/mol. The van der Waals surface area contributed by atoms with Gasteiger partial charge in [-0.1, -0.05) is 64.7 Å². The van der Waals surface area contributed by atoms with Crippen molar-refractivity contribution in [2.24, 2.45) is 11.8 Å². The zero-order chi connectivity index (χ0) is 16.3. The van der Waals surface area contributed by atoms with E-state index in [9.17, 15) is 0 Å². The van der Waals surface area contributed by atoms with E-state index in [0.29, 0.717) is 11.8 Å². The molecule has 22 heavy (non-hydrogen) atoms. The molecule has 1 atom stereocenters. The van der Waals surface area contributed by atoms with Crippen molar-refractivity contribution in [3.05, 3.63) is 0 Å². The second-order valence-electron chi connectivity index (χ2n) is 6.78. The molecular formula is C19H38O3. The van der Waals surface area contributed by atoms with Gasteiger partial charge in [-0.3, -0.25) is 0 Å². The highest BCUT2D eigenvalue weighted by Crippen LogP contribution is 2.41. The van der Waals surface area contributed by atoms with Crippen molar-refractivity contribution in [3.8, 4) is 0 Å². The van der Waals surface area contributed by atoms with Crippen molar-refractivity contribution in [2.75, 3.05) is 21.3 Å². The molecule has 0 amide bonds. The van der Waals surface area contributed by atoms with Crippen LogP contribution in [0.2, 0.25) is 0 Å². The first-order valence-corrected chi connectivity index (χ1v) is 9.39. The molecule has 1 rings (SSSR count). The summed E-state index contributed by atoms with van der Waals surface area (Å²) in [6, 6.07) is 0. The summed E-state index contributed by atoms with van der Waals surface area (Å²) < 4.78 is 17.1. The third-order valence-electron chi connectivity index (χ3n) is 5.40. The third kappa shape index (κ3) is 5.82. The van der Waals surface area contributed by atoms with E-state index in [1.165, 1.54) is 70.6 Å². The van der Waals surface area contributed by atoms with Gasteiger partial charge in [-0.25, -0.2) is 0 Å². The maximum Gasteiger partial charge on any atom is 0.285 e. The summed E-state index contributed by atoms with van der Waals surface area (Å²) in [4.78, 5) is 0. The van der Waals surface area contributed by atoms with E-state index in [0.717, 1.165) is 6.42 Å². The van der Waals surface area contributed by atoms with Crippen LogP contribution in [0.3, 0.4) is 0 Å². The standard InChI is InChI=1S/C19H38O3/c1-5-6-7-8-9-13-16-18(17-14-11-10-12-15-17)19(20-2,21-3)22-4/h17-18H,5-16H2,1-4H3. The predicted molar refractivity (Wildman–Crippen MR) is 91.8 cm³/mol. The van der Waals surface area contributed by atoms with Crippen LogP contribution >= 0.6 is 0 Å². The van der Waals surface area contributed by atoms with Crippen LogP contribution in [0.1, 0.15) is 84.0 Å². The van der Waals surface area contributed by atoms with Crippen molar-refractivity contribution in [1.82, 2.24) is 0 Å². The minimum Gasteiger partial charge on any atom is -0.331 e. The van der Waals surface area contributed by atoms with E-state index in [4.69, 9.17) is 14.2 Å². The van der Waals surface area contributed by atoms with Crippen molar-refractivity contribution in [1.29, 1.82) is 0 Å². The van der Waals surface area contributed by atoms with Gasteiger partial charge in [0.05, 0.1) is 0 Å². The van der Waals surface area contributed by atoms with Crippen LogP contribution in [0, 0.1) is 11.8 Å². The Morgan fingerprint density at radius 1 is 0.818 bits per heavy atom. The molecule has 0 radical (unpaired) electrons. The smallest absolute Gasteiger partial charge is 0.285 e. The Morgan fingerprint density at radius 2 is 1.36 bits per heavy atom. The highest BCUT2D eigenvalue weighted by atomic mass is 16.9. The normalized spacial score (nSPS) is 18.5. The van der Waals surface area contributed by atoms with Crippen molar-refractivity contribution >= 4 is 0 Å². The largest absolute Gasteiger partial charge is 0.331 e. The third-order valence-corrected chi connectivity index (χ3v) is 5.40. The Kier molecular flexibility index (Phi) is 10.3. The lowest BCUT2D eigenvalue weighted by atomic mass is 9.76. The molecule has 3 nitrogen and oxygen atoms in total. The molecule has 1 unspecified atom stereocenters. The van der Waals surface area contributed by atoms with Crippen LogP contribution < -0.4 is 0 Å². The molecule has 0 aromatic heterocycles. The first-order chi connectivity index (χ1) is 10.7. The molecule has 0 N–H and O–H groups in total. The zero-order valence-electron chi connectivity index (χ0n) is 15.4. The second kappa shape index (κ2) is 11.4. The summed E-state index contributed by atoms with van der Waals surface area (Å²) in [5.74, 6) is 0.161. The van der Waals surface area contributed by atoms with E-state index in [1.54, 1.807) is 21.3 Å². The second-order valence-corrected chi connectivity index (χ2v) is 6.78. The molecule has 1 saturated carbocycles. The molecule has 1 fully saturated rings. The Balaban J connectivity index is 2.57. The molecule has 1 aliphatic rings. The van der Waals surface area contributed by atoms with E-state index >= 15 is 0 Å². The highest BCUT2D eigenvalue weighted by Gasteiger charge is 2.44. The van der Waals surface area contributed by atoms with E-state index in [1.807, 2.05) is 0 Å². The molecule has 0 aliphatic heterocycles. The number of hydrogen-bond donors (Lipinski definition) is 0. The van der Waals surface area contributed by atoms with Gasteiger partial charge in [0.2, 0.25) is 0 Å². The summed E-state index contributed by atoms with van der Waals surface area (Å²) in [6.45, 7) is 2.27. The fourth-order valence-corrected chi connectivity index (χ4v) is 4.09. The number of methoxy groups -OCH3 is 3. The number of unbranched alkanes of at least 4 members (excludes halogenated alkanes) is 5. The average Bonchev–Trinajstić information content (AvgIpc) is 2.58. The number of rotatable bonds is 12. The fourth-order valence-electron chi connectivity index (χ4n) is 4.09. The zero-order valence-corrected chi connectivity index (χ0v) is 15.4. The Morgan fingerprint density at radius 3 is 1.91 bits per heavy atom. The summed E-state index contributed by atoms with van der Waals surface area (Å²) in [6.07, 6.45) is 15.7. The van der Waals surface area contributed by atoms with E-state index < -0.39 is 5.97 Å². The van der Waals surface area contributed by atoms with Gasteiger partial charge in [0.1, 0.15) is 0 Å². The molecule has 3 heteroatoms. The first-order valence-electron chi connectivity index (χ1n) is 9.39. The maximum atomic E-state index is 5.70. The molecule has 0 aromatic carbocycles. The van der Waals surface area contributed by atoms with Gasteiger partial charge in [0.25, 0.3) is 5.97 Å². The molecular weight excluding hydrogens is 276 g/mol. The lowest BCUT2D eigenvalue weighted by Crippen LogP contribution is -2.47. The van der Waals surface area contributed by atoms with Crippen molar-refractivity contribution < 1.29 is 14.2 Å². The number of ether oxygens (including phenoxy) is 3. The Bertz CT molecular complexity index is 249. The van der Waals surface area contributed by atoms with Crippen LogP contribution in [-0.2, 0) is 14.2 Å². The van der Waals surface area contributed by atoms with Crippen molar-refractivity contribution in [2.45, 2.75) is 89.9 Å². The van der Waals surface area contributed by atoms with Crippen LogP contribution in [0.25, 0.3) is 0 Å². The van der Waals surface area contributed by atoms with E-state index in [-0.39, 0.29) is 0 Å². The van der Waals surface area contributed by atoms with Crippen LogP contribution in [-0.4, -0.2) is 27.3 Å². The fraction of sp³-hybridized carbons (Fsp3) is 1.00. The SMILES string of the molecule is CCCCCCCCC(C1CCCCC1)C(OC)(OC)OC. The van der Waals surface area contributed by atoms with E-state index in [2.05, 4.69) is 6.92 Å². The summed E-state index contributed by atoms with van der Waals surface area (Å²) >= 11 is 0. The Hall–Kier alpha value is -0.120. The minimum absolute atomic E-state index is 0.346. The highest BCUT2D eigenvalue weighted by molar-refractivity contribution is 4.81. The van der Waals surface area contributed by atoms with Gasteiger partial charge >= 0.3 is 0 Å². The van der Waals surface area contributed by atoms with Crippen molar-refractivity contribution in [3.63, 3.8) is 0 Å². The van der Waals surface area contributed by atoms with Gasteiger partial charge in [-0.05, 0) is 25.2 Å². The lowest BCUT2D eigenvalue weighted by Gasteiger charge is -2.42. The summed E-state index contributed by atoms with van der Waals surface area (Å²) in [5, 5.41) is 0. The lowest BCUT2D eigenvalue weighted by molar-refractivity contribution is -0.387. The van der Waals surface area contributed by atoms with Gasteiger partial charge in [-0.2, -0.15) is 0 Å². The van der Waals surface area contributed by atoms with Gasteiger partial charge in [0, 0.05) is 27.2 Å². The molecule has 1 aliphatic carbocycles. The molecule has 132 valence electrons. The van der Waals surface area contributed by atoms with Gasteiger partial charge in [-0.15, -0.1) is 0 Å². The molecule has 0 heterocycles. The van der Waals surface area contributed by atoms with Crippen LogP contribution in [0.5, 0.6) is 0 Å². The topological polar surface area (TPSA) is 27.7 Å². The average molecular weight is 315 g/mol. The van der Waals surface area contributed by atoms with Crippen LogP contribution in [0.15, 0.2) is 0 Å².